The number of hydrogen-bond donors (Lipinski definition) is 2. The summed E-state index contributed by atoms with van der Waals surface area (Å²) < 4.78 is 0. The minimum atomic E-state index is -0.121. The van der Waals surface area contributed by atoms with Gasteiger partial charge in [-0.2, -0.15) is 0 Å². The molecular formula is C12H14N2O. The Bertz CT molecular complexity index is 487. The van der Waals surface area contributed by atoms with E-state index in [9.17, 15) is 4.79 Å². The first-order chi connectivity index (χ1) is 7.24. The van der Waals surface area contributed by atoms with Crippen LogP contribution in [0.1, 0.15) is 17.3 Å². The molecule has 78 valence electrons. The maximum atomic E-state index is 12.0. The SMILES string of the molecule is CC(CN)C(=O)c1c[nH]c2ccccc12. The summed E-state index contributed by atoms with van der Waals surface area (Å²) in [7, 11) is 0. The molecule has 3 N–H and O–H groups in total. The highest BCUT2D eigenvalue weighted by molar-refractivity contribution is 6.08. The van der Waals surface area contributed by atoms with Crippen LogP contribution in [0.3, 0.4) is 0 Å². The summed E-state index contributed by atoms with van der Waals surface area (Å²) in [4.78, 5) is 15.0. The number of H-pyrrole nitrogens is 1. The van der Waals surface area contributed by atoms with Crippen molar-refractivity contribution in [2.45, 2.75) is 6.92 Å². The summed E-state index contributed by atoms with van der Waals surface area (Å²) in [5, 5.41) is 0.975. The highest BCUT2D eigenvalue weighted by Crippen LogP contribution is 2.20. The Morgan fingerprint density at radius 1 is 1.47 bits per heavy atom. The number of nitrogens with two attached hydrogens (primary N) is 1. The molecule has 3 heteroatoms. The van der Waals surface area contributed by atoms with Gasteiger partial charge in [0.15, 0.2) is 5.78 Å². The number of carbonyl (C=O) groups is 1. The smallest absolute Gasteiger partial charge is 0.169 e. The Labute approximate surface area is 88.3 Å². The summed E-state index contributed by atoms with van der Waals surface area (Å²) in [6.45, 7) is 2.24. The van der Waals surface area contributed by atoms with Crippen LogP contribution in [0, 0.1) is 5.92 Å². The third kappa shape index (κ3) is 1.66. The van der Waals surface area contributed by atoms with Crippen molar-refractivity contribution in [2.24, 2.45) is 11.7 Å². The van der Waals surface area contributed by atoms with Gasteiger partial charge in [-0.3, -0.25) is 4.79 Å². The van der Waals surface area contributed by atoms with Crippen LogP contribution in [0.5, 0.6) is 0 Å². The number of Topliss-reactive ketones (excluding diaryl/α,β-unsaturated/α-hetero) is 1. The molecule has 1 aromatic carbocycles. The lowest BCUT2D eigenvalue weighted by molar-refractivity contribution is 0.0936. The summed E-state index contributed by atoms with van der Waals surface area (Å²) in [6, 6.07) is 7.78. The lowest BCUT2D eigenvalue weighted by Crippen LogP contribution is -2.20. The number of rotatable bonds is 3. The molecule has 1 aromatic heterocycles. The first kappa shape index (κ1) is 9.93. The van der Waals surface area contributed by atoms with E-state index in [0.29, 0.717) is 6.54 Å². The van der Waals surface area contributed by atoms with Crippen LogP contribution in [0.2, 0.25) is 0 Å². The zero-order valence-electron chi connectivity index (χ0n) is 8.66. The molecule has 2 rings (SSSR count). The topological polar surface area (TPSA) is 58.9 Å². The summed E-state index contributed by atoms with van der Waals surface area (Å²) in [5.74, 6) is -0.0147. The molecule has 1 unspecified atom stereocenters. The van der Waals surface area contributed by atoms with Crippen molar-refractivity contribution >= 4 is 16.7 Å². The van der Waals surface area contributed by atoms with Crippen molar-refractivity contribution in [1.29, 1.82) is 0 Å². The first-order valence-electron chi connectivity index (χ1n) is 5.04. The Balaban J connectivity index is 2.48. The van der Waals surface area contributed by atoms with Crippen LogP contribution in [-0.2, 0) is 0 Å². The molecule has 0 spiro atoms. The molecule has 0 radical (unpaired) electrons. The van der Waals surface area contributed by atoms with Gasteiger partial charge in [-0.15, -0.1) is 0 Å². The zero-order chi connectivity index (χ0) is 10.8. The Morgan fingerprint density at radius 2 is 2.20 bits per heavy atom. The van der Waals surface area contributed by atoms with E-state index in [-0.39, 0.29) is 11.7 Å². The number of nitrogens with one attached hydrogen (secondary N) is 1. The molecular weight excluding hydrogens is 188 g/mol. The number of aromatic amines is 1. The second-order valence-electron chi connectivity index (χ2n) is 3.75. The molecule has 15 heavy (non-hydrogen) atoms. The molecule has 0 aliphatic heterocycles. The predicted octanol–water partition coefficient (Wildman–Crippen LogP) is 1.95. The molecule has 0 saturated heterocycles. The fourth-order valence-electron chi connectivity index (χ4n) is 1.65. The molecule has 0 saturated carbocycles. The predicted molar refractivity (Wildman–Crippen MR) is 60.8 cm³/mol. The van der Waals surface area contributed by atoms with Crippen molar-refractivity contribution in [3.8, 4) is 0 Å². The number of benzene rings is 1. The van der Waals surface area contributed by atoms with Gasteiger partial charge in [-0.25, -0.2) is 0 Å². The van der Waals surface area contributed by atoms with Gasteiger partial charge in [0.25, 0.3) is 0 Å². The van der Waals surface area contributed by atoms with E-state index in [1.165, 1.54) is 0 Å². The summed E-state index contributed by atoms with van der Waals surface area (Å²) in [5.41, 5.74) is 7.22. The largest absolute Gasteiger partial charge is 0.360 e. The average molecular weight is 202 g/mol. The van der Waals surface area contributed by atoms with E-state index < -0.39 is 0 Å². The lowest BCUT2D eigenvalue weighted by Gasteiger charge is -2.05. The van der Waals surface area contributed by atoms with Crippen molar-refractivity contribution in [2.75, 3.05) is 6.54 Å². The molecule has 1 atom stereocenters. The van der Waals surface area contributed by atoms with Crippen LogP contribution >= 0.6 is 0 Å². The van der Waals surface area contributed by atoms with E-state index in [1.54, 1.807) is 6.20 Å². The number of carbonyl (C=O) groups excluding carboxylic acids is 1. The Morgan fingerprint density at radius 3 is 2.93 bits per heavy atom. The van der Waals surface area contributed by atoms with Gasteiger partial charge in [0.2, 0.25) is 0 Å². The molecule has 0 aliphatic rings. The fourth-order valence-corrected chi connectivity index (χ4v) is 1.65. The van der Waals surface area contributed by atoms with Gasteiger partial charge < -0.3 is 10.7 Å². The van der Waals surface area contributed by atoms with Crippen molar-refractivity contribution in [3.63, 3.8) is 0 Å². The number of aromatic nitrogens is 1. The first-order valence-corrected chi connectivity index (χ1v) is 5.04. The second-order valence-corrected chi connectivity index (χ2v) is 3.75. The average Bonchev–Trinajstić information content (AvgIpc) is 2.70. The molecule has 0 amide bonds. The van der Waals surface area contributed by atoms with Gasteiger partial charge in [0, 0.05) is 35.1 Å². The minimum absolute atomic E-state index is 0.106. The molecule has 0 fully saturated rings. The zero-order valence-corrected chi connectivity index (χ0v) is 8.66. The molecule has 0 aliphatic carbocycles. The Hall–Kier alpha value is -1.61. The van der Waals surface area contributed by atoms with Gasteiger partial charge in [0.05, 0.1) is 0 Å². The van der Waals surface area contributed by atoms with Crippen LogP contribution in [0.15, 0.2) is 30.5 Å². The van der Waals surface area contributed by atoms with Crippen molar-refractivity contribution in [1.82, 2.24) is 4.98 Å². The van der Waals surface area contributed by atoms with Crippen molar-refractivity contribution in [3.05, 3.63) is 36.0 Å². The molecule has 1 heterocycles. The van der Waals surface area contributed by atoms with Gasteiger partial charge in [-0.1, -0.05) is 25.1 Å². The minimum Gasteiger partial charge on any atom is -0.360 e. The fraction of sp³-hybridized carbons (Fsp3) is 0.250. The van der Waals surface area contributed by atoms with Gasteiger partial charge in [0.1, 0.15) is 0 Å². The lowest BCUT2D eigenvalue weighted by atomic mass is 9.99. The maximum Gasteiger partial charge on any atom is 0.169 e. The third-order valence-electron chi connectivity index (χ3n) is 2.66. The van der Waals surface area contributed by atoms with Crippen LogP contribution in [0.4, 0.5) is 0 Å². The van der Waals surface area contributed by atoms with Crippen LogP contribution in [-0.4, -0.2) is 17.3 Å². The number of hydrogen-bond acceptors (Lipinski definition) is 2. The number of fused-ring (bicyclic) bond motifs is 1. The standard InChI is InChI=1S/C12H14N2O/c1-8(6-13)12(15)10-7-14-11-5-3-2-4-9(10)11/h2-5,7-8,14H,6,13H2,1H3. The van der Waals surface area contributed by atoms with Gasteiger partial charge >= 0.3 is 0 Å². The van der Waals surface area contributed by atoms with Gasteiger partial charge in [-0.05, 0) is 6.07 Å². The Kier molecular flexibility index (Phi) is 2.56. The normalized spacial score (nSPS) is 12.9. The highest BCUT2D eigenvalue weighted by atomic mass is 16.1. The molecule has 3 nitrogen and oxygen atoms in total. The maximum absolute atomic E-state index is 12.0. The monoisotopic (exact) mass is 202 g/mol. The van der Waals surface area contributed by atoms with E-state index >= 15 is 0 Å². The van der Waals surface area contributed by atoms with E-state index in [2.05, 4.69) is 4.98 Å². The van der Waals surface area contributed by atoms with Crippen LogP contribution in [0.25, 0.3) is 10.9 Å². The van der Waals surface area contributed by atoms with E-state index in [1.807, 2.05) is 31.2 Å². The summed E-state index contributed by atoms with van der Waals surface area (Å²) in [6.07, 6.45) is 1.76. The number of ketones is 1. The van der Waals surface area contributed by atoms with Crippen LogP contribution < -0.4 is 5.73 Å². The third-order valence-corrected chi connectivity index (χ3v) is 2.66. The molecule has 0 bridgehead atoms. The number of para-hydroxylation sites is 1. The van der Waals surface area contributed by atoms with E-state index in [4.69, 9.17) is 5.73 Å². The second kappa shape index (κ2) is 3.87. The molecule has 2 aromatic rings. The summed E-state index contributed by atoms with van der Waals surface area (Å²) >= 11 is 0. The van der Waals surface area contributed by atoms with E-state index in [0.717, 1.165) is 16.5 Å². The van der Waals surface area contributed by atoms with Crippen molar-refractivity contribution < 1.29 is 4.79 Å². The highest BCUT2D eigenvalue weighted by Gasteiger charge is 2.16. The quantitative estimate of drug-likeness (QED) is 0.747.